The van der Waals surface area contributed by atoms with E-state index in [1.807, 2.05) is 11.8 Å². The predicted octanol–water partition coefficient (Wildman–Crippen LogP) is 1.41. The van der Waals surface area contributed by atoms with Gasteiger partial charge in [0.25, 0.3) is 0 Å². The van der Waals surface area contributed by atoms with Gasteiger partial charge in [-0.25, -0.2) is 4.79 Å². The van der Waals surface area contributed by atoms with Gasteiger partial charge < -0.3 is 15.2 Å². The van der Waals surface area contributed by atoms with Crippen molar-refractivity contribution < 1.29 is 19.4 Å². The summed E-state index contributed by atoms with van der Waals surface area (Å²) in [6.07, 6.45) is 2.82. The van der Waals surface area contributed by atoms with E-state index in [9.17, 15) is 9.59 Å². The van der Waals surface area contributed by atoms with Crippen LogP contribution in [0.1, 0.15) is 39.0 Å². The average molecular weight is 287 g/mol. The van der Waals surface area contributed by atoms with Gasteiger partial charge in [-0.05, 0) is 31.4 Å². The number of thioether (sulfide) groups is 1. The number of hydrogen-bond donors (Lipinski definition) is 2. The van der Waals surface area contributed by atoms with Gasteiger partial charge in [-0.15, -0.1) is 0 Å². The summed E-state index contributed by atoms with van der Waals surface area (Å²) >= 11 is 1.89. The standard InChI is InChI=1S/C13H21NO4S/c1-2-19-11-5-3-4-8(11)14-12(15)9-6-7-10(18-9)13(16)17/h8-11H,2-7H2,1H3,(H,14,15)(H,16,17). The maximum absolute atomic E-state index is 12.1. The second kappa shape index (κ2) is 6.61. The minimum absolute atomic E-state index is 0.141. The third-order valence-corrected chi connectivity index (χ3v) is 5.07. The lowest BCUT2D eigenvalue weighted by atomic mass is 10.1. The van der Waals surface area contributed by atoms with Crippen LogP contribution in [0.4, 0.5) is 0 Å². The Balaban J connectivity index is 1.82. The highest BCUT2D eigenvalue weighted by Crippen LogP contribution is 2.30. The topological polar surface area (TPSA) is 75.6 Å². The zero-order chi connectivity index (χ0) is 13.8. The third-order valence-electron chi connectivity index (χ3n) is 3.75. The Hall–Kier alpha value is -0.750. The van der Waals surface area contributed by atoms with Gasteiger partial charge in [0.2, 0.25) is 5.91 Å². The van der Waals surface area contributed by atoms with Crippen molar-refractivity contribution in [2.45, 2.75) is 62.5 Å². The fraction of sp³-hybridized carbons (Fsp3) is 0.846. The number of carboxylic acid groups (broad SMARTS) is 1. The molecule has 6 heteroatoms. The van der Waals surface area contributed by atoms with Crippen LogP contribution >= 0.6 is 11.8 Å². The van der Waals surface area contributed by atoms with Gasteiger partial charge in [0.15, 0.2) is 6.10 Å². The second-order valence-electron chi connectivity index (χ2n) is 5.07. The molecule has 1 saturated heterocycles. The zero-order valence-electron chi connectivity index (χ0n) is 11.1. The van der Waals surface area contributed by atoms with Gasteiger partial charge in [-0.1, -0.05) is 13.3 Å². The molecule has 19 heavy (non-hydrogen) atoms. The Morgan fingerprint density at radius 2 is 2.00 bits per heavy atom. The molecule has 0 spiro atoms. The van der Waals surface area contributed by atoms with E-state index in [0.717, 1.165) is 25.0 Å². The average Bonchev–Trinajstić information content (AvgIpc) is 2.99. The SMILES string of the molecule is CCSC1CCCC1NC(=O)C1CCC(C(=O)O)O1. The highest BCUT2D eigenvalue weighted by Gasteiger charge is 2.37. The van der Waals surface area contributed by atoms with Gasteiger partial charge in [0, 0.05) is 11.3 Å². The molecule has 0 radical (unpaired) electrons. The van der Waals surface area contributed by atoms with Crippen LogP contribution in [-0.4, -0.2) is 46.2 Å². The van der Waals surface area contributed by atoms with Gasteiger partial charge in [0.05, 0.1) is 0 Å². The van der Waals surface area contributed by atoms with Crippen molar-refractivity contribution in [2.75, 3.05) is 5.75 Å². The van der Waals surface area contributed by atoms with E-state index in [1.54, 1.807) is 0 Å². The molecule has 5 nitrogen and oxygen atoms in total. The minimum Gasteiger partial charge on any atom is -0.479 e. The molecule has 0 aromatic heterocycles. The Bertz CT molecular complexity index is 350. The lowest BCUT2D eigenvalue weighted by Gasteiger charge is -2.22. The predicted molar refractivity (Wildman–Crippen MR) is 73.2 cm³/mol. The molecule has 0 aromatic rings. The summed E-state index contributed by atoms with van der Waals surface area (Å²) < 4.78 is 5.27. The lowest BCUT2D eigenvalue weighted by molar-refractivity contribution is -0.151. The molecule has 1 saturated carbocycles. The molecule has 4 atom stereocenters. The second-order valence-corrected chi connectivity index (χ2v) is 6.58. The first-order valence-electron chi connectivity index (χ1n) is 6.92. The van der Waals surface area contributed by atoms with E-state index < -0.39 is 18.2 Å². The zero-order valence-corrected chi connectivity index (χ0v) is 11.9. The molecule has 2 aliphatic rings. The van der Waals surface area contributed by atoms with Gasteiger partial charge >= 0.3 is 5.97 Å². The van der Waals surface area contributed by atoms with Crippen LogP contribution in [-0.2, 0) is 14.3 Å². The molecule has 1 aliphatic carbocycles. The summed E-state index contributed by atoms with van der Waals surface area (Å²) in [5, 5.41) is 12.4. The largest absolute Gasteiger partial charge is 0.479 e. The van der Waals surface area contributed by atoms with E-state index >= 15 is 0 Å². The fourth-order valence-electron chi connectivity index (χ4n) is 2.79. The van der Waals surface area contributed by atoms with Crippen LogP contribution in [0.15, 0.2) is 0 Å². The fourth-order valence-corrected chi connectivity index (χ4v) is 3.99. The van der Waals surface area contributed by atoms with Crippen LogP contribution in [0.3, 0.4) is 0 Å². The van der Waals surface area contributed by atoms with Crippen LogP contribution < -0.4 is 5.32 Å². The van der Waals surface area contributed by atoms with Crippen molar-refractivity contribution in [2.24, 2.45) is 0 Å². The van der Waals surface area contributed by atoms with Crippen molar-refractivity contribution in [3.8, 4) is 0 Å². The number of hydrogen-bond acceptors (Lipinski definition) is 4. The Morgan fingerprint density at radius 3 is 2.63 bits per heavy atom. The van der Waals surface area contributed by atoms with Crippen molar-refractivity contribution in [3.63, 3.8) is 0 Å². The van der Waals surface area contributed by atoms with E-state index in [0.29, 0.717) is 18.1 Å². The number of amides is 1. The number of carbonyl (C=O) groups is 2. The maximum atomic E-state index is 12.1. The van der Waals surface area contributed by atoms with Crippen LogP contribution in [0.25, 0.3) is 0 Å². The summed E-state index contributed by atoms with van der Waals surface area (Å²) in [6, 6.07) is 0.213. The molecule has 0 bridgehead atoms. The quantitative estimate of drug-likeness (QED) is 0.799. The molecular formula is C13H21NO4S. The number of carboxylic acids is 1. The van der Waals surface area contributed by atoms with E-state index in [-0.39, 0.29) is 11.9 Å². The monoisotopic (exact) mass is 287 g/mol. The summed E-state index contributed by atoms with van der Waals surface area (Å²) in [5.74, 6) is -0.0640. The Labute approximate surface area is 117 Å². The maximum Gasteiger partial charge on any atom is 0.332 e. The molecule has 2 rings (SSSR count). The summed E-state index contributed by atoms with van der Waals surface area (Å²) in [6.45, 7) is 2.12. The molecule has 4 unspecified atom stereocenters. The normalized spacial score (nSPS) is 34.4. The first-order valence-corrected chi connectivity index (χ1v) is 7.97. The van der Waals surface area contributed by atoms with Crippen molar-refractivity contribution in [1.82, 2.24) is 5.32 Å². The molecular weight excluding hydrogens is 266 g/mol. The lowest BCUT2D eigenvalue weighted by Crippen LogP contribution is -2.44. The highest BCUT2D eigenvalue weighted by atomic mass is 32.2. The molecule has 1 amide bonds. The number of carbonyl (C=O) groups excluding carboxylic acids is 1. The van der Waals surface area contributed by atoms with Gasteiger partial charge in [-0.3, -0.25) is 4.79 Å². The number of rotatable bonds is 5. The first-order chi connectivity index (χ1) is 9.11. The smallest absolute Gasteiger partial charge is 0.332 e. The Morgan fingerprint density at radius 1 is 1.26 bits per heavy atom. The van der Waals surface area contributed by atoms with Crippen molar-refractivity contribution in [3.05, 3.63) is 0 Å². The van der Waals surface area contributed by atoms with Crippen molar-refractivity contribution >= 4 is 23.6 Å². The molecule has 1 heterocycles. The molecule has 2 fully saturated rings. The molecule has 1 aliphatic heterocycles. The third kappa shape index (κ3) is 3.63. The van der Waals surface area contributed by atoms with Crippen LogP contribution in [0.2, 0.25) is 0 Å². The van der Waals surface area contributed by atoms with Crippen LogP contribution in [0.5, 0.6) is 0 Å². The molecule has 2 N–H and O–H groups in total. The van der Waals surface area contributed by atoms with Gasteiger partial charge in [-0.2, -0.15) is 11.8 Å². The van der Waals surface area contributed by atoms with E-state index in [4.69, 9.17) is 9.84 Å². The summed E-state index contributed by atoms with van der Waals surface area (Å²) in [5.41, 5.74) is 0. The van der Waals surface area contributed by atoms with Gasteiger partial charge in [0.1, 0.15) is 6.10 Å². The number of aliphatic carboxylic acids is 1. The summed E-state index contributed by atoms with van der Waals surface area (Å²) in [4.78, 5) is 22.9. The number of nitrogens with one attached hydrogen (secondary N) is 1. The summed E-state index contributed by atoms with van der Waals surface area (Å²) in [7, 11) is 0. The van der Waals surface area contributed by atoms with Crippen LogP contribution in [0, 0.1) is 0 Å². The highest BCUT2D eigenvalue weighted by molar-refractivity contribution is 7.99. The minimum atomic E-state index is -0.976. The van der Waals surface area contributed by atoms with E-state index in [2.05, 4.69) is 12.2 Å². The number of ether oxygens (including phenoxy) is 1. The Kier molecular flexibility index (Phi) is 5.10. The molecule has 0 aromatic carbocycles. The first kappa shape index (κ1) is 14.7. The van der Waals surface area contributed by atoms with E-state index in [1.165, 1.54) is 0 Å². The van der Waals surface area contributed by atoms with Crippen molar-refractivity contribution in [1.29, 1.82) is 0 Å². The molecule has 108 valence electrons.